The molecule has 0 bridgehead atoms. The largest absolute Gasteiger partial charge is 0.377 e. The van der Waals surface area contributed by atoms with E-state index in [0.717, 1.165) is 32.0 Å². The first kappa shape index (κ1) is 12.9. The van der Waals surface area contributed by atoms with Gasteiger partial charge in [-0.3, -0.25) is 0 Å². The molecule has 0 heterocycles. The topological polar surface area (TPSA) is 21.3 Å². The SMILES string of the molecule is CCC(C)OCCNCCC(C)C. The summed E-state index contributed by atoms with van der Waals surface area (Å²) in [5.41, 5.74) is 0. The van der Waals surface area contributed by atoms with Crippen LogP contribution in [0.1, 0.15) is 40.5 Å². The Morgan fingerprint density at radius 3 is 2.38 bits per heavy atom. The minimum absolute atomic E-state index is 0.409. The lowest BCUT2D eigenvalue weighted by molar-refractivity contribution is 0.0656. The third-order valence-electron chi connectivity index (χ3n) is 2.15. The molecule has 0 aromatic carbocycles. The third-order valence-corrected chi connectivity index (χ3v) is 2.15. The van der Waals surface area contributed by atoms with Crippen molar-refractivity contribution in [3.8, 4) is 0 Å². The van der Waals surface area contributed by atoms with Crippen molar-refractivity contribution >= 4 is 0 Å². The highest BCUT2D eigenvalue weighted by atomic mass is 16.5. The van der Waals surface area contributed by atoms with Crippen molar-refractivity contribution < 1.29 is 4.74 Å². The second kappa shape index (κ2) is 8.52. The summed E-state index contributed by atoms with van der Waals surface area (Å²) in [5, 5.41) is 3.37. The smallest absolute Gasteiger partial charge is 0.0594 e. The molecule has 0 aromatic heterocycles. The van der Waals surface area contributed by atoms with Gasteiger partial charge in [-0.2, -0.15) is 0 Å². The minimum atomic E-state index is 0.409. The van der Waals surface area contributed by atoms with Crippen LogP contribution >= 0.6 is 0 Å². The Labute approximate surface area is 83.1 Å². The predicted molar refractivity (Wildman–Crippen MR) is 58.0 cm³/mol. The first-order chi connectivity index (χ1) is 6.16. The molecule has 2 heteroatoms. The van der Waals surface area contributed by atoms with Crippen molar-refractivity contribution in [1.82, 2.24) is 5.32 Å². The lowest BCUT2D eigenvalue weighted by Gasteiger charge is -2.11. The van der Waals surface area contributed by atoms with Crippen molar-refractivity contribution in [3.63, 3.8) is 0 Å². The van der Waals surface area contributed by atoms with Crippen LogP contribution in [0.5, 0.6) is 0 Å². The van der Waals surface area contributed by atoms with Gasteiger partial charge in [-0.15, -0.1) is 0 Å². The first-order valence-electron chi connectivity index (χ1n) is 5.49. The number of rotatable bonds is 8. The Morgan fingerprint density at radius 2 is 1.85 bits per heavy atom. The van der Waals surface area contributed by atoms with Crippen LogP contribution < -0.4 is 5.32 Å². The second-order valence-electron chi connectivity index (χ2n) is 4.02. The molecule has 0 fully saturated rings. The Balaban J connectivity index is 2.99. The summed E-state index contributed by atoms with van der Waals surface area (Å²) < 4.78 is 5.54. The molecule has 2 nitrogen and oxygen atoms in total. The highest BCUT2D eigenvalue weighted by molar-refractivity contribution is 4.51. The van der Waals surface area contributed by atoms with E-state index >= 15 is 0 Å². The van der Waals surface area contributed by atoms with Crippen LogP contribution in [0.3, 0.4) is 0 Å². The highest BCUT2D eigenvalue weighted by Gasteiger charge is 1.97. The normalized spacial score (nSPS) is 13.6. The van der Waals surface area contributed by atoms with Crippen LogP contribution in [-0.4, -0.2) is 25.8 Å². The van der Waals surface area contributed by atoms with Gasteiger partial charge in [0, 0.05) is 6.54 Å². The van der Waals surface area contributed by atoms with Gasteiger partial charge in [0.2, 0.25) is 0 Å². The van der Waals surface area contributed by atoms with Gasteiger partial charge in [-0.25, -0.2) is 0 Å². The standard InChI is InChI=1S/C11H25NO/c1-5-11(4)13-9-8-12-7-6-10(2)3/h10-12H,5-9H2,1-4H3. The highest BCUT2D eigenvalue weighted by Crippen LogP contribution is 1.96. The average Bonchev–Trinajstić information content (AvgIpc) is 2.10. The molecule has 0 saturated carbocycles. The molecule has 0 saturated heterocycles. The number of nitrogens with one attached hydrogen (secondary N) is 1. The lowest BCUT2D eigenvalue weighted by Crippen LogP contribution is -2.23. The molecule has 80 valence electrons. The van der Waals surface area contributed by atoms with Gasteiger partial charge in [0.1, 0.15) is 0 Å². The third kappa shape index (κ3) is 9.84. The summed E-state index contributed by atoms with van der Waals surface area (Å²) in [6.45, 7) is 11.7. The zero-order valence-electron chi connectivity index (χ0n) is 9.60. The molecular weight excluding hydrogens is 162 g/mol. The molecule has 1 unspecified atom stereocenters. The molecule has 0 amide bonds. The number of hydrogen-bond acceptors (Lipinski definition) is 2. The van der Waals surface area contributed by atoms with Crippen LogP contribution in [-0.2, 0) is 4.74 Å². The van der Waals surface area contributed by atoms with E-state index in [4.69, 9.17) is 4.74 Å². The summed E-state index contributed by atoms with van der Waals surface area (Å²) >= 11 is 0. The summed E-state index contributed by atoms with van der Waals surface area (Å²) in [6, 6.07) is 0. The maximum absolute atomic E-state index is 5.54. The Bertz CT molecular complexity index is 104. The van der Waals surface area contributed by atoms with Crippen LogP contribution in [0.2, 0.25) is 0 Å². The zero-order valence-corrected chi connectivity index (χ0v) is 9.60. The Kier molecular flexibility index (Phi) is 8.46. The fourth-order valence-electron chi connectivity index (χ4n) is 0.966. The fourth-order valence-corrected chi connectivity index (χ4v) is 0.966. The fraction of sp³-hybridized carbons (Fsp3) is 1.00. The van der Waals surface area contributed by atoms with Crippen molar-refractivity contribution in [2.75, 3.05) is 19.7 Å². The summed E-state index contributed by atoms with van der Waals surface area (Å²) in [6.07, 6.45) is 2.77. The van der Waals surface area contributed by atoms with Crippen LogP contribution in [0.25, 0.3) is 0 Å². The van der Waals surface area contributed by atoms with E-state index in [9.17, 15) is 0 Å². The summed E-state index contributed by atoms with van der Waals surface area (Å²) in [7, 11) is 0. The Morgan fingerprint density at radius 1 is 1.15 bits per heavy atom. The van der Waals surface area contributed by atoms with E-state index < -0.39 is 0 Å². The van der Waals surface area contributed by atoms with Gasteiger partial charge < -0.3 is 10.1 Å². The van der Waals surface area contributed by atoms with Crippen LogP contribution in [0.4, 0.5) is 0 Å². The van der Waals surface area contributed by atoms with E-state index in [0.29, 0.717) is 6.10 Å². The van der Waals surface area contributed by atoms with Gasteiger partial charge in [-0.1, -0.05) is 20.8 Å². The van der Waals surface area contributed by atoms with Gasteiger partial charge in [0.25, 0.3) is 0 Å². The van der Waals surface area contributed by atoms with Crippen LogP contribution in [0, 0.1) is 5.92 Å². The molecule has 13 heavy (non-hydrogen) atoms. The van der Waals surface area contributed by atoms with E-state index in [-0.39, 0.29) is 0 Å². The van der Waals surface area contributed by atoms with Gasteiger partial charge >= 0.3 is 0 Å². The van der Waals surface area contributed by atoms with Crippen molar-refractivity contribution in [2.24, 2.45) is 5.92 Å². The van der Waals surface area contributed by atoms with E-state index in [2.05, 4.69) is 33.0 Å². The number of hydrogen-bond donors (Lipinski definition) is 1. The van der Waals surface area contributed by atoms with Crippen molar-refractivity contribution in [3.05, 3.63) is 0 Å². The molecule has 0 aliphatic rings. The molecule has 1 atom stereocenters. The summed E-state index contributed by atoms with van der Waals surface area (Å²) in [4.78, 5) is 0. The second-order valence-corrected chi connectivity index (χ2v) is 4.02. The van der Waals surface area contributed by atoms with Gasteiger partial charge in [0.05, 0.1) is 12.7 Å². The zero-order chi connectivity index (χ0) is 10.1. The average molecular weight is 187 g/mol. The van der Waals surface area contributed by atoms with Crippen LogP contribution in [0.15, 0.2) is 0 Å². The lowest BCUT2D eigenvalue weighted by atomic mass is 10.1. The quantitative estimate of drug-likeness (QED) is 0.589. The molecule has 0 rings (SSSR count). The van der Waals surface area contributed by atoms with Gasteiger partial charge in [-0.05, 0) is 32.2 Å². The first-order valence-corrected chi connectivity index (χ1v) is 5.49. The molecule has 0 spiro atoms. The van der Waals surface area contributed by atoms with Crippen molar-refractivity contribution in [1.29, 1.82) is 0 Å². The predicted octanol–water partition coefficient (Wildman–Crippen LogP) is 2.44. The number of ether oxygens (including phenoxy) is 1. The molecule has 0 aliphatic carbocycles. The molecule has 0 radical (unpaired) electrons. The molecular formula is C11H25NO. The molecule has 1 N–H and O–H groups in total. The van der Waals surface area contributed by atoms with Crippen molar-refractivity contribution in [2.45, 2.75) is 46.6 Å². The minimum Gasteiger partial charge on any atom is -0.377 e. The molecule has 0 aliphatic heterocycles. The van der Waals surface area contributed by atoms with E-state index in [1.165, 1.54) is 6.42 Å². The monoisotopic (exact) mass is 187 g/mol. The Hall–Kier alpha value is -0.0800. The summed E-state index contributed by atoms with van der Waals surface area (Å²) in [5.74, 6) is 0.794. The maximum atomic E-state index is 5.54. The molecule has 0 aromatic rings. The van der Waals surface area contributed by atoms with E-state index in [1.54, 1.807) is 0 Å². The van der Waals surface area contributed by atoms with E-state index in [1.807, 2.05) is 0 Å². The van der Waals surface area contributed by atoms with Gasteiger partial charge in [0.15, 0.2) is 0 Å². The maximum Gasteiger partial charge on any atom is 0.0594 e.